The van der Waals surface area contributed by atoms with Crippen molar-refractivity contribution in [2.75, 3.05) is 55.6 Å². The Hall–Kier alpha value is -3.21. The van der Waals surface area contributed by atoms with Crippen LogP contribution in [0.3, 0.4) is 0 Å². The number of imidazole rings is 1. The Morgan fingerprint density at radius 1 is 0.903 bits per heavy atom. The number of rotatable bonds is 4. The van der Waals surface area contributed by atoms with E-state index in [2.05, 4.69) is 24.7 Å². The third kappa shape index (κ3) is 3.38. The van der Waals surface area contributed by atoms with Crippen molar-refractivity contribution in [3.8, 4) is 0 Å². The number of aromatic nitrogens is 6. The van der Waals surface area contributed by atoms with Gasteiger partial charge in [-0.15, -0.1) is 0 Å². The molecule has 0 atom stereocenters. The van der Waals surface area contributed by atoms with Gasteiger partial charge in [0.15, 0.2) is 11.2 Å². The first-order valence-corrected chi connectivity index (χ1v) is 10.7. The van der Waals surface area contributed by atoms with Crippen molar-refractivity contribution < 1.29 is 0 Å². The van der Waals surface area contributed by atoms with Crippen molar-refractivity contribution in [3.63, 3.8) is 0 Å². The van der Waals surface area contributed by atoms with E-state index in [9.17, 15) is 9.59 Å². The van der Waals surface area contributed by atoms with Crippen LogP contribution in [0.15, 0.2) is 28.0 Å². The molecule has 2 aliphatic rings. The first-order chi connectivity index (χ1) is 15.0. The van der Waals surface area contributed by atoms with Gasteiger partial charge in [-0.1, -0.05) is 0 Å². The lowest BCUT2D eigenvalue weighted by molar-refractivity contribution is 0.260. The molecule has 2 aliphatic heterocycles. The maximum Gasteiger partial charge on any atom is 0.332 e. The van der Waals surface area contributed by atoms with E-state index in [1.807, 2.05) is 10.6 Å². The predicted octanol–water partition coefficient (Wildman–Crippen LogP) is -0.744. The highest BCUT2D eigenvalue weighted by molar-refractivity contribution is 5.74. The maximum absolute atomic E-state index is 12.7. The van der Waals surface area contributed by atoms with E-state index in [1.165, 1.54) is 11.6 Å². The van der Waals surface area contributed by atoms with E-state index in [0.29, 0.717) is 11.2 Å². The molecule has 5 heterocycles. The first kappa shape index (κ1) is 19.7. The van der Waals surface area contributed by atoms with Crippen LogP contribution in [0.1, 0.15) is 6.42 Å². The van der Waals surface area contributed by atoms with Crippen molar-refractivity contribution in [2.45, 2.75) is 13.0 Å². The van der Waals surface area contributed by atoms with Crippen LogP contribution in [-0.4, -0.2) is 79.4 Å². The summed E-state index contributed by atoms with van der Waals surface area (Å²) in [6.07, 6.45) is 4.50. The van der Waals surface area contributed by atoms with E-state index < -0.39 is 0 Å². The van der Waals surface area contributed by atoms with Gasteiger partial charge >= 0.3 is 5.69 Å². The summed E-state index contributed by atoms with van der Waals surface area (Å²) in [7, 11) is 3.19. The lowest BCUT2D eigenvalue weighted by Gasteiger charge is -2.36. The molecule has 5 rings (SSSR count). The van der Waals surface area contributed by atoms with E-state index >= 15 is 0 Å². The number of fused-ring (bicyclic) bond motifs is 3. The second-order valence-corrected chi connectivity index (χ2v) is 8.16. The van der Waals surface area contributed by atoms with Gasteiger partial charge in [-0.25, -0.2) is 14.8 Å². The molecule has 1 saturated heterocycles. The number of piperazine rings is 1. The first-order valence-electron chi connectivity index (χ1n) is 10.7. The molecule has 0 amide bonds. The summed E-state index contributed by atoms with van der Waals surface area (Å²) in [5, 5.41) is 0. The van der Waals surface area contributed by atoms with E-state index in [4.69, 9.17) is 4.98 Å². The van der Waals surface area contributed by atoms with Gasteiger partial charge in [0.25, 0.3) is 5.56 Å². The fourth-order valence-electron chi connectivity index (χ4n) is 4.51. The molecule has 3 aromatic heterocycles. The SMILES string of the molecule is Cn1c(=O)c2c(nc3n2CCCN3CCN2CCN(c3ncccn3)CC2)n(C)c1=O. The molecule has 0 aliphatic carbocycles. The number of hydrogen-bond donors (Lipinski definition) is 0. The monoisotopic (exact) mass is 425 g/mol. The van der Waals surface area contributed by atoms with E-state index in [0.717, 1.165) is 75.2 Å². The van der Waals surface area contributed by atoms with Crippen molar-refractivity contribution in [3.05, 3.63) is 39.3 Å². The number of nitrogens with zero attached hydrogens (tertiary/aromatic N) is 9. The van der Waals surface area contributed by atoms with Crippen LogP contribution in [0.5, 0.6) is 0 Å². The Kier molecular flexibility index (Phi) is 4.97. The zero-order valence-electron chi connectivity index (χ0n) is 17.9. The zero-order chi connectivity index (χ0) is 21.5. The molecule has 0 radical (unpaired) electrons. The molecule has 0 unspecified atom stereocenters. The largest absolute Gasteiger partial charge is 0.341 e. The van der Waals surface area contributed by atoms with Crippen LogP contribution in [-0.2, 0) is 20.6 Å². The number of aryl methyl sites for hydroxylation is 2. The van der Waals surface area contributed by atoms with Crippen molar-refractivity contribution >= 4 is 23.1 Å². The normalized spacial score (nSPS) is 17.4. The predicted molar refractivity (Wildman–Crippen MR) is 118 cm³/mol. The molecule has 3 aromatic rings. The lowest BCUT2D eigenvalue weighted by atomic mass is 10.3. The quantitative estimate of drug-likeness (QED) is 0.539. The summed E-state index contributed by atoms with van der Waals surface area (Å²) in [4.78, 5) is 45.3. The molecule has 11 nitrogen and oxygen atoms in total. The van der Waals surface area contributed by atoms with E-state index in [-0.39, 0.29) is 11.2 Å². The van der Waals surface area contributed by atoms with Crippen LogP contribution in [0.4, 0.5) is 11.9 Å². The Balaban J connectivity index is 1.30. The van der Waals surface area contributed by atoms with Crippen LogP contribution < -0.4 is 21.0 Å². The third-order valence-corrected chi connectivity index (χ3v) is 6.31. The molecule has 0 N–H and O–H groups in total. The van der Waals surface area contributed by atoms with Gasteiger partial charge < -0.3 is 14.4 Å². The van der Waals surface area contributed by atoms with Crippen LogP contribution in [0, 0.1) is 0 Å². The molecular weight excluding hydrogens is 398 g/mol. The highest BCUT2D eigenvalue weighted by atomic mass is 16.2. The average molecular weight is 425 g/mol. The van der Waals surface area contributed by atoms with Gasteiger partial charge in [0.05, 0.1) is 0 Å². The third-order valence-electron chi connectivity index (χ3n) is 6.31. The summed E-state index contributed by atoms with van der Waals surface area (Å²) in [5.74, 6) is 1.58. The molecule has 1 fully saturated rings. The van der Waals surface area contributed by atoms with Crippen LogP contribution in [0.25, 0.3) is 11.2 Å². The van der Waals surface area contributed by atoms with Crippen LogP contribution in [0.2, 0.25) is 0 Å². The van der Waals surface area contributed by atoms with Crippen molar-refractivity contribution in [1.82, 2.24) is 33.6 Å². The maximum atomic E-state index is 12.7. The minimum absolute atomic E-state index is 0.280. The fraction of sp³-hybridized carbons (Fsp3) is 0.550. The van der Waals surface area contributed by atoms with Crippen LogP contribution >= 0.6 is 0 Å². The van der Waals surface area contributed by atoms with Crippen molar-refractivity contribution in [1.29, 1.82) is 0 Å². The topological polar surface area (TPSA) is 97.3 Å². The number of hydrogen-bond acceptors (Lipinski definition) is 8. The standard InChI is InChI=1S/C20H27N9O2/c1-24-16-15(17(30)25(2)20(24)31)29-8-4-7-28(19(29)23-16)14-11-26-9-12-27(13-10-26)18-21-5-3-6-22-18/h3,5-6H,4,7-14H2,1-2H3. The zero-order valence-corrected chi connectivity index (χ0v) is 17.9. The molecule has 0 aromatic carbocycles. The highest BCUT2D eigenvalue weighted by Gasteiger charge is 2.26. The summed E-state index contributed by atoms with van der Waals surface area (Å²) in [5.41, 5.74) is 0.352. The average Bonchev–Trinajstić information content (AvgIpc) is 3.21. The minimum Gasteiger partial charge on any atom is -0.341 e. The Morgan fingerprint density at radius 2 is 1.65 bits per heavy atom. The van der Waals surface area contributed by atoms with Gasteiger partial charge in [0.1, 0.15) is 0 Å². The van der Waals surface area contributed by atoms with Gasteiger partial charge in [-0.05, 0) is 12.5 Å². The second kappa shape index (κ2) is 7.80. The molecule has 0 saturated carbocycles. The van der Waals surface area contributed by atoms with Gasteiger partial charge in [-0.2, -0.15) is 4.98 Å². The molecule has 164 valence electrons. The molecule has 0 spiro atoms. The highest BCUT2D eigenvalue weighted by Crippen LogP contribution is 2.24. The van der Waals surface area contributed by atoms with Crippen molar-refractivity contribution in [2.24, 2.45) is 14.1 Å². The summed E-state index contributed by atoms with van der Waals surface area (Å²) < 4.78 is 4.60. The van der Waals surface area contributed by atoms with E-state index in [1.54, 1.807) is 19.4 Å². The summed E-state index contributed by atoms with van der Waals surface area (Å²) >= 11 is 0. The lowest BCUT2D eigenvalue weighted by Crippen LogP contribution is -2.49. The van der Waals surface area contributed by atoms with Gasteiger partial charge in [-0.3, -0.25) is 18.8 Å². The second-order valence-electron chi connectivity index (χ2n) is 8.16. The number of anilines is 2. The Bertz CT molecular complexity index is 1210. The molecule has 0 bridgehead atoms. The molecule has 31 heavy (non-hydrogen) atoms. The van der Waals surface area contributed by atoms with Gasteiger partial charge in [0.2, 0.25) is 11.9 Å². The fourth-order valence-corrected chi connectivity index (χ4v) is 4.51. The smallest absolute Gasteiger partial charge is 0.332 e. The minimum atomic E-state index is -0.347. The molecule has 11 heteroatoms. The summed E-state index contributed by atoms with van der Waals surface area (Å²) in [6.45, 7) is 7.11. The Labute approximate surface area is 179 Å². The Morgan fingerprint density at radius 3 is 2.39 bits per heavy atom. The van der Waals surface area contributed by atoms with Gasteiger partial charge in [0, 0.05) is 78.8 Å². The summed E-state index contributed by atoms with van der Waals surface area (Å²) in [6, 6.07) is 1.83. The molecular formula is C20H27N9O2.